The zero-order chi connectivity index (χ0) is 37.5. The number of fused-ring (bicyclic) bond motifs is 9. The Hall–Kier alpha value is -7.55. The Morgan fingerprint density at radius 1 is 0.368 bits per heavy atom. The number of aromatic nitrogens is 5. The van der Waals surface area contributed by atoms with E-state index in [1.54, 1.807) is 11.3 Å². The highest BCUT2D eigenvalue weighted by Crippen LogP contribution is 2.42. The number of benzene rings is 7. The predicted octanol–water partition coefficient (Wildman–Crippen LogP) is 13.2. The molecule has 0 N–H and O–H groups in total. The fraction of sp³-hybridized carbons (Fsp3) is 0. The first-order chi connectivity index (χ1) is 28.2. The lowest BCUT2D eigenvalue weighted by atomic mass is 10.0. The smallest absolute Gasteiger partial charge is 0.164 e. The summed E-state index contributed by atoms with van der Waals surface area (Å²) < 4.78 is 15.1. The fourth-order valence-corrected chi connectivity index (χ4v) is 9.02. The van der Waals surface area contributed by atoms with Crippen LogP contribution < -0.4 is 0 Å². The monoisotopic (exact) mass is 749 g/mol. The summed E-state index contributed by atoms with van der Waals surface area (Å²) in [4.78, 5) is 25.5. The molecular formula is C49H27N5O2S. The van der Waals surface area contributed by atoms with E-state index in [0.717, 1.165) is 97.7 Å². The van der Waals surface area contributed by atoms with Gasteiger partial charge in [0.2, 0.25) is 0 Å². The standard InChI is InChI=1S/C49H27N5O2S/c1-3-12-28(13-4-1)46-52-47(29-14-5-2-6-15-29)54-49(53-46)36-18-11-20-38-42(36)34-25-23-31(27-40(34)56-38)48-50-43(45-44(51-48)35-17-8-10-21-41(35)57-45)30-22-24-33-32-16-7-9-19-37(32)55-39(33)26-30/h1-27H. The molecule has 12 rings (SSSR count). The predicted molar refractivity (Wildman–Crippen MR) is 230 cm³/mol. The van der Waals surface area contributed by atoms with E-state index in [1.165, 1.54) is 0 Å². The van der Waals surface area contributed by atoms with Crippen molar-refractivity contribution in [1.29, 1.82) is 0 Å². The molecule has 0 spiro atoms. The summed E-state index contributed by atoms with van der Waals surface area (Å²) in [6.07, 6.45) is 0. The lowest BCUT2D eigenvalue weighted by molar-refractivity contribution is 0.668. The second kappa shape index (κ2) is 12.5. The maximum Gasteiger partial charge on any atom is 0.164 e. The zero-order valence-electron chi connectivity index (χ0n) is 30.0. The molecule has 0 aliphatic heterocycles. The van der Waals surface area contributed by atoms with Crippen molar-refractivity contribution in [2.75, 3.05) is 0 Å². The van der Waals surface area contributed by atoms with Crippen LogP contribution in [0.4, 0.5) is 0 Å². The number of thiophene rings is 1. The van der Waals surface area contributed by atoms with Crippen molar-refractivity contribution in [2.45, 2.75) is 0 Å². The van der Waals surface area contributed by atoms with Gasteiger partial charge in [-0.1, -0.05) is 121 Å². The molecule has 57 heavy (non-hydrogen) atoms. The van der Waals surface area contributed by atoms with E-state index < -0.39 is 0 Å². The third-order valence-electron chi connectivity index (χ3n) is 10.6. The molecule has 0 amide bonds. The van der Waals surface area contributed by atoms with E-state index >= 15 is 0 Å². The maximum atomic E-state index is 6.60. The molecule has 0 bridgehead atoms. The van der Waals surface area contributed by atoms with Crippen molar-refractivity contribution >= 4 is 75.5 Å². The van der Waals surface area contributed by atoms with E-state index in [1.807, 2.05) is 103 Å². The van der Waals surface area contributed by atoms with Gasteiger partial charge in [-0.15, -0.1) is 11.3 Å². The Kier molecular flexibility index (Phi) is 6.96. The number of nitrogens with zero attached hydrogens (tertiary/aromatic N) is 5. The van der Waals surface area contributed by atoms with Gasteiger partial charge >= 0.3 is 0 Å². The number of hydrogen-bond acceptors (Lipinski definition) is 8. The van der Waals surface area contributed by atoms with Gasteiger partial charge in [-0.3, -0.25) is 0 Å². The van der Waals surface area contributed by atoms with Crippen LogP contribution in [-0.4, -0.2) is 24.9 Å². The minimum Gasteiger partial charge on any atom is -0.456 e. The zero-order valence-corrected chi connectivity index (χ0v) is 30.9. The summed E-state index contributed by atoms with van der Waals surface area (Å²) in [5.41, 5.74) is 9.46. The van der Waals surface area contributed by atoms with E-state index in [9.17, 15) is 0 Å². The van der Waals surface area contributed by atoms with Crippen LogP contribution in [0.3, 0.4) is 0 Å². The Labute approximate surface area is 328 Å². The van der Waals surface area contributed by atoms with Crippen LogP contribution in [0.1, 0.15) is 0 Å². The van der Waals surface area contributed by atoms with Gasteiger partial charge in [0.05, 0.1) is 15.9 Å². The first-order valence-corrected chi connectivity index (χ1v) is 19.5. The Balaban J connectivity index is 1.03. The molecule has 0 fully saturated rings. The molecular weight excluding hydrogens is 723 g/mol. The maximum absolute atomic E-state index is 6.60. The number of para-hydroxylation sites is 1. The van der Waals surface area contributed by atoms with E-state index in [4.69, 9.17) is 33.8 Å². The first kappa shape index (κ1) is 31.8. The van der Waals surface area contributed by atoms with Crippen molar-refractivity contribution < 1.29 is 8.83 Å². The molecule has 0 saturated heterocycles. The minimum atomic E-state index is 0.573. The molecule has 0 unspecified atom stereocenters. The molecule has 0 aliphatic rings. The van der Waals surface area contributed by atoms with Gasteiger partial charge in [0.15, 0.2) is 23.3 Å². The number of rotatable bonds is 5. The van der Waals surface area contributed by atoms with Gasteiger partial charge < -0.3 is 8.83 Å². The van der Waals surface area contributed by atoms with Crippen LogP contribution in [-0.2, 0) is 0 Å². The molecule has 0 saturated carbocycles. The van der Waals surface area contributed by atoms with Gasteiger partial charge in [0.25, 0.3) is 0 Å². The molecule has 7 nitrogen and oxygen atoms in total. The second-order valence-corrected chi connectivity index (χ2v) is 15.1. The van der Waals surface area contributed by atoms with Crippen molar-refractivity contribution in [3.63, 3.8) is 0 Å². The SMILES string of the molecule is c1ccc(-c2nc(-c3ccccc3)nc(-c3cccc4oc5cc(-c6nc(-c7ccc8c(c7)oc7ccccc78)c7sc8ccccc8c7n6)ccc5c34)n2)cc1. The third kappa shape index (κ3) is 5.15. The van der Waals surface area contributed by atoms with Crippen LogP contribution >= 0.6 is 11.3 Å². The highest BCUT2D eigenvalue weighted by Gasteiger charge is 2.21. The van der Waals surface area contributed by atoms with E-state index in [2.05, 4.69) is 60.7 Å². The summed E-state index contributed by atoms with van der Waals surface area (Å²) in [5.74, 6) is 2.40. The highest BCUT2D eigenvalue weighted by molar-refractivity contribution is 7.26. The Bertz CT molecular complexity index is 3480. The fourth-order valence-electron chi connectivity index (χ4n) is 7.87. The molecule has 8 heteroatoms. The summed E-state index contributed by atoms with van der Waals surface area (Å²) >= 11 is 1.71. The molecule has 12 aromatic rings. The normalized spacial score (nSPS) is 11.9. The summed E-state index contributed by atoms with van der Waals surface area (Å²) in [7, 11) is 0. The van der Waals surface area contributed by atoms with Gasteiger partial charge in [-0.25, -0.2) is 24.9 Å². The number of furan rings is 2. The van der Waals surface area contributed by atoms with Crippen molar-refractivity contribution in [3.8, 4) is 56.8 Å². The minimum absolute atomic E-state index is 0.573. The lowest BCUT2D eigenvalue weighted by Gasteiger charge is -2.09. The summed E-state index contributed by atoms with van der Waals surface area (Å²) in [5, 5.41) is 5.16. The molecule has 5 aromatic heterocycles. The topological polar surface area (TPSA) is 90.7 Å². The van der Waals surface area contributed by atoms with Crippen molar-refractivity contribution in [3.05, 3.63) is 164 Å². The Morgan fingerprint density at radius 2 is 0.947 bits per heavy atom. The summed E-state index contributed by atoms with van der Waals surface area (Å²) in [6.45, 7) is 0. The molecule has 0 radical (unpaired) electrons. The van der Waals surface area contributed by atoms with Crippen molar-refractivity contribution in [2.24, 2.45) is 0 Å². The van der Waals surface area contributed by atoms with E-state index in [0.29, 0.717) is 23.3 Å². The van der Waals surface area contributed by atoms with Gasteiger partial charge in [0, 0.05) is 59.4 Å². The number of hydrogen-bond donors (Lipinski definition) is 0. The van der Waals surface area contributed by atoms with E-state index in [-0.39, 0.29) is 0 Å². The van der Waals surface area contributed by atoms with Crippen LogP contribution in [0.15, 0.2) is 173 Å². The average Bonchev–Trinajstić information content (AvgIpc) is 3.97. The molecule has 7 aromatic carbocycles. The van der Waals surface area contributed by atoms with Crippen molar-refractivity contribution in [1.82, 2.24) is 24.9 Å². The highest BCUT2D eigenvalue weighted by atomic mass is 32.1. The van der Waals surface area contributed by atoms with Gasteiger partial charge in [-0.05, 0) is 42.5 Å². The Morgan fingerprint density at radius 3 is 1.75 bits per heavy atom. The molecule has 0 atom stereocenters. The molecule has 0 aliphatic carbocycles. The molecule has 5 heterocycles. The van der Waals surface area contributed by atoms with Crippen LogP contribution in [0, 0.1) is 0 Å². The van der Waals surface area contributed by atoms with Crippen LogP contribution in [0.5, 0.6) is 0 Å². The first-order valence-electron chi connectivity index (χ1n) is 18.7. The van der Waals surface area contributed by atoms with Gasteiger partial charge in [0.1, 0.15) is 22.3 Å². The average molecular weight is 750 g/mol. The second-order valence-electron chi connectivity index (χ2n) is 14.0. The third-order valence-corrected chi connectivity index (χ3v) is 11.7. The van der Waals surface area contributed by atoms with Crippen LogP contribution in [0.2, 0.25) is 0 Å². The quantitative estimate of drug-likeness (QED) is 0.173. The molecule has 266 valence electrons. The van der Waals surface area contributed by atoms with Gasteiger partial charge in [-0.2, -0.15) is 0 Å². The summed E-state index contributed by atoms with van der Waals surface area (Å²) in [6, 6.07) is 55.2. The largest absolute Gasteiger partial charge is 0.456 e. The lowest BCUT2D eigenvalue weighted by Crippen LogP contribution is -2.00. The van der Waals surface area contributed by atoms with Crippen LogP contribution in [0.25, 0.3) is 121 Å².